The number of methoxy groups -OCH3 is 1. The lowest BCUT2D eigenvalue weighted by atomic mass is 9.79. The van der Waals surface area contributed by atoms with Gasteiger partial charge < -0.3 is 44.9 Å². The van der Waals surface area contributed by atoms with E-state index >= 15 is 0 Å². The molecule has 7 rings (SSSR count). The maximum atomic E-state index is 14.6. The number of rotatable bonds is 7. The van der Waals surface area contributed by atoms with Crippen LogP contribution in [0.3, 0.4) is 0 Å². The van der Waals surface area contributed by atoms with Crippen LogP contribution in [0.15, 0.2) is 35.4 Å². The molecule has 17 heteroatoms. The van der Waals surface area contributed by atoms with E-state index in [0.717, 1.165) is 12.3 Å². The Morgan fingerprint density at radius 3 is 2.34 bits per heavy atom. The van der Waals surface area contributed by atoms with E-state index in [4.69, 9.17) is 18.9 Å². The molecule has 0 spiro atoms. The zero-order valence-corrected chi connectivity index (χ0v) is 35.7. The number of allylic oxidation sites excluding steroid dienone is 3. The quantitative estimate of drug-likeness (QED) is 0.195. The van der Waals surface area contributed by atoms with Gasteiger partial charge in [-0.3, -0.25) is 38.5 Å². The van der Waals surface area contributed by atoms with E-state index in [-0.39, 0.29) is 46.9 Å². The summed E-state index contributed by atoms with van der Waals surface area (Å²) in [6.45, 7) is 11.7. The molecule has 330 valence electrons. The van der Waals surface area contributed by atoms with Crippen molar-refractivity contribution in [1.29, 1.82) is 0 Å². The van der Waals surface area contributed by atoms with Gasteiger partial charge in [-0.15, -0.1) is 0 Å². The third-order valence-corrected chi connectivity index (χ3v) is 12.7. The number of carbonyl (C=O) groups excluding carboxylic acids is 7. The number of aromatic hydroxyl groups is 1. The van der Waals surface area contributed by atoms with Crippen molar-refractivity contribution >= 4 is 40.8 Å². The van der Waals surface area contributed by atoms with Gasteiger partial charge >= 0.3 is 11.8 Å². The largest absolute Gasteiger partial charge is 0.507 e. The van der Waals surface area contributed by atoms with Gasteiger partial charge in [0.2, 0.25) is 11.6 Å². The summed E-state index contributed by atoms with van der Waals surface area (Å²) in [6.07, 6.45) is 0.641. The summed E-state index contributed by atoms with van der Waals surface area (Å²) in [5, 5.41) is 39.9. The number of esters is 1. The molecule has 1 saturated heterocycles. The van der Waals surface area contributed by atoms with E-state index in [0.29, 0.717) is 32.5 Å². The molecular formula is C44H55N3O14. The first-order valence-electron chi connectivity index (χ1n) is 20.6. The van der Waals surface area contributed by atoms with E-state index in [1.54, 1.807) is 20.8 Å². The molecule has 1 amide bonds. The number of Topliss-reactive ketones (excluding diaryl/α,β-unsaturated/α-hetero) is 4. The first kappa shape index (κ1) is 45.3. The summed E-state index contributed by atoms with van der Waals surface area (Å²) >= 11 is 0. The molecule has 1 aromatic carbocycles. The molecule has 10 atom stereocenters. The number of likely N-dealkylation sites (tertiary alicyclic amines) is 1. The third kappa shape index (κ3) is 8.65. The van der Waals surface area contributed by atoms with E-state index in [1.165, 1.54) is 40.9 Å². The maximum Gasteiger partial charge on any atom is 0.312 e. The second kappa shape index (κ2) is 17.6. The standard InChI is InChI=1S/C44H55N3O14/c1-19-16-28(50)26-17-27(26)36(52)21(3)35(51)22(4)40(60-24(6)48)20(2)29(58-8)11-15-59-44(7)42(56)32-30-31(37(53)23(5)41(32)61-44)39(55)34(46-43(19)57)33(38(30)54)45-12-9-13-47-14-10-25(49)18-47/h11,15-16,20-22,26-27,29,35-36,40,45,51-53H,9-10,12-14,17-18H2,1-8H3,(H,46,57)/b15-11+,19-16-/t20-,21+,22-,26-,27+,29+,35-,36-,40-,44+/m1/s1. The summed E-state index contributed by atoms with van der Waals surface area (Å²) in [5.41, 5.74) is -2.37. The first-order valence-corrected chi connectivity index (χ1v) is 20.6. The highest BCUT2D eigenvalue weighted by Crippen LogP contribution is 2.49. The number of benzene rings is 1. The van der Waals surface area contributed by atoms with Crippen molar-refractivity contribution in [2.75, 3.05) is 33.3 Å². The number of phenols is 1. The lowest BCUT2D eigenvalue weighted by Crippen LogP contribution is -2.46. The summed E-state index contributed by atoms with van der Waals surface area (Å²) in [7, 11) is 1.40. The number of hydrogen-bond donors (Lipinski definition) is 5. The van der Waals surface area contributed by atoms with Gasteiger partial charge in [-0.05, 0) is 44.8 Å². The van der Waals surface area contributed by atoms with Crippen LogP contribution >= 0.6 is 0 Å². The molecule has 1 saturated carbocycles. The number of aliphatic hydroxyl groups is 2. The highest BCUT2D eigenvalue weighted by Gasteiger charge is 2.53. The number of hydrogen-bond acceptors (Lipinski definition) is 16. The number of amides is 1. The van der Waals surface area contributed by atoms with E-state index < -0.39 is 117 Å². The van der Waals surface area contributed by atoms with Crippen molar-refractivity contribution in [1.82, 2.24) is 15.5 Å². The third-order valence-electron chi connectivity index (χ3n) is 12.7. The average molecular weight is 850 g/mol. The van der Waals surface area contributed by atoms with Crippen molar-refractivity contribution in [2.24, 2.45) is 29.6 Å². The van der Waals surface area contributed by atoms with Crippen molar-refractivity contribution in [3.05, 3.63) is 57.6 Å². The minimum absolute atomic E-state index is 0.0513. The monoisotopic (exact) mass is 849 g/mol. The Kier molecular flexibility index (Phi) is 13.1. The summed E-state index contributed by atoms with van der Waals surface area (Å²) < 4.78 is 23.4. The van der Waals surface area contributed by atoms with Crippen LogP contribution in [0.4, 0.5) is 0 Å². The number of nitrogens with one attached hydrogen (secondary N) is 2. The highest BCUT2D eigenvalue weighted by molar-refractivity contribution is 6.32. The minimum atomic E-state index is -2.12. The number of fused-ring (bicyclic) bond motifs is 12. The molecule has 1 aromatic rings. The van der Waals surface area contributed by atoms with Crippen LogP contribution in [0.5, 0.6) is 11.5 Å². The van der Waals surface area contributed by atoms with Gasteiger partial charge in [0.15, 0.2) is 5.78 Å². The van der Waals surface area contributed by atoms with Crippen molar-refractivity contribution in [3.63, 3.8) is 0 Å². The number of aliphatic hydroxyl groups excluding tert-OH is 2. The molecule has 0 unspecified atom stereocenters. The Bertz CT molecular complexity index is 2140. The van der Waals surface area contributed by atoms with E-state index in [1.807, 2.05) is 4.90 Å². The van der Waals surface area contributed by atoms with Gasteiger partial charge in [-0.25, -0.2) is 0 Å². The van der Waals surface area contributed by atoms with Gasteiger partial charge in [-0.2, -0.15) is 0 Å². The van der Waals surface area contributed by atoms with Crippen LogP contribution in [-0.4, -0.2) is 125 Å². The molecule has 0 aromatic heterocycles. The van der Waals surface area contributed by atoms with Crippen LogP contribution in [0.25, 0.3) is 0 Å². The Balaban J connectivity index is 1.42. The lowest BCUT2D eigenvalue weighted by molar-refractivity contribution is -0.160. The number of nitrogens with zero attached hydrogens (tertiary/aromatic N) is 1. The summed E-state index contributed by atoms with van der Waals surface area (Å²) in [6, 6.07) is 0. The number of carbonyl (C=O) groups is 7. The summed E-state index contributed by atoms with van der Waals surface area (Å²) in [5.74, 6) is -11.0. The zero-order valence-electron chi connectivity index (χ0n) is 35.7. The molecule has 5 bridgehead atoms. The molecule has 0 radical (unpaired) electrons. The van der Waals surface area contributed by atoms with E-state index in [9.17, 15) is 48.9 Å². The molecule has 17 nitrogen and oxygen atoms in total. The molecule has 4 heterocycles. The second-order valence-electron chi connectivity index (χ2n) is 17.0. The van der Waals surface area contributed by atoms with Crippen LogP contribution in [-0.2, 0) is 33.4 Å². The van der Waals surface area contributed by atoms with Crippen LogP contribution < -0.4 is 15.4 Å². The first-order chi connectivity index (χ1) is 28.7. The topological polar surface area (TPSA) is 244 Å². The van der Waals surface area contributed by atoms with Crippen molar-refractivity contribution < 1.29 is 67.8 Å². The van der Waals surface area contributed by atoms with Crippen LogP contribution in [0.2, 0.25) is 0 Å². The lowest BCUT2D eigenvalue weighted by Gasteiger charge is -2.37. The second-order valence-corrected chi connectivity index (χ2v) is 17.0. The molecule has 4 aliphatic heterocycles. The number of ketones is 5. The predicted molar refractivity (Wildman–Crippen MR) is 215 cm³/mol. The Labute approximate surface area is 353 Å². The van der Waals surface area contributed by atoms with Crippen LogP contribution in [0, 0.1) is 36.5 Å². The van der Waals surface area contributed by atoms with Gasteiger partial charge in [0.05, 0.1) is 47.8 Å². The normalized spacial score (nSPS) is 33.7. The minimum Gasteiger partial charge on any atom is -0.507 e. The molecule has 2 fully saturated rings. The molecule has 6 aliphatic rings. The van der Waals surface area contributed by atoms with Crippen molar-refractivity contribution in [3.8, 4) is 11.5 Å². The fraction of sp³-hybridized carbons (Fsp3) is 0.568. The van der Waals surface area contributed by atoms with Crippen LogP contribution in [0.1, 0.15) is 97.4 Å². The van der Waals surface area contributed by atoms with Crippen molar-refractivity contribution in [2.45, 2.75) is 97.9 Å². The number of phenolic OH excluding ortho intramolecular Hbond substituents is 1. The number of ether oxygens (including phenoxy) is 4. The Morgan fingerprint density at radius 2 is 1.70 bits per heavy atom. The molecule has 61 heavy (non-hydrogen) atoms. The average Bonchev–Trinajstić information content (AvgIpc) is 3.85. The predicted octanol–water partition coefficient (Wildman–Crippen LogP) is 2.23. The molecule has 2 aliphatic carbocycles. The SMILES string of the molecule is CO[C@H]1/C=C/O[C@@]2(C)Oc3c(C)c(O)c4c(c3C2=O)C(=O)C(NCCCN2CCC(=O)C2)=C(NC(=O)/C(C)=C\C(=O)[C@@H]2C[C@@H]2[C@H](O)[C@@H](C)[C@@H](O)[C@@H](C)[C@H](OC(C)=O)[C@@H]1C)C4=O. The van der Waals surface area contributed by atoms with Gasteiger partial charge in [0.1, 0.15) is 34.8 Å². The van der Waals surface area contributed by atoms with Gasteiger partial charge in [-0.1, -0.05) is 20.8 Å². The van der Waals surface area contributed by atoms with E-state index in [2.05, 4.69) is 10.6 Å². The smallest absolute Gasteiger partial charge is 0.312 e. The fourth-order valence-corrected chi connectivity index (χ4v) is 8.91. The summed E-state index contributed by atoms with van der Waals surface area (Å²) in [4.78, 5) is 96.8. The molecule has 5 N–H and O–H groups in total. The Morgan fingerprint density at radius 1 is 1.00 bits per heavy atom. The fourth-order valence-electron chi connectivity index (χ4n) is 8.91. The maximum absolute atomic E-state index is 14.6. The van der Waals surface area contributed by atoms with Gasteiger partial charge in [0.25, 0.3) is 11.7 Å². The van der Waals surface area contributed by atoms with Gasteiger partial charge in [0, 0.05) is 81.8 Å². The zero-order chi connectivity index (χ0) is 44.8. The molecular weight excluding hydrogens is 794 g/mol. The highest BCUT2D eigenvalue weighted by atomic mass is 16.7. The Hall–Kier alpha value is -5.23.